The van der Waals surface area contributed by atoms with Crippen molar-refractivity contribution >= 4 is 23.0 Å². The van der Waals surface area contributed by atoms with E-state index in [1.165, 1.54) is 6.92 Å². The van der Waals surface area contributed by atoms with Gasteiger partial charge in [0.05, 0.1) is 15.9 Å². The molecule has 0 aliphatic carbocycles. The van der Waals surface area contributed by atoms with Crippen molar-refractivity contribution in [2.24, 2.45) is 0 Å². The van der Waals surface area contributed by atoms with Crippen LogP contribution in [0.3, 0.4) is 0 Å². The van der Waals surface area contributed by atoms with Crippen molar-refractivity contribution in [1.82, 2.24) is 4.98 Å². The van der Waals surface area contributed by atoms with Crippen LogP contribution in [0.1, 0.15) is 5.69 Å². The molecule has 1 aromatic rings. The fraction of sp³-hybridized carbons (Fsp3) is 0.167. The highest BCUT2D eigenvalue weighted by Gasteiger charge is 2.22. The maximum Gasteiger partial charge on any atom is 0.313 e. The number of aryl methyl sites for hydroxylation is 1. The van der Waals surface area contributed by atoms with E-state index in [9.17, 15) is 20.2 Å². The number of halogens is 1. The van der Waals surface area contributed by atoms with E-state index < -0.39 is 21.2 Å². The summed E-state index contributed by atoms with van der Waals surface area (Å²) in [5, 5.41) is 20.4. The van der Waals surface area contributed by atoms with Gasteiger partial charge in [-0.1, -0.05) is 11.6 Å². The first kappa shape index (κ1) is 10.3. The van der Waals surface area contributed by atoms with E-state index in [0.717, 1.165) is 6.07 Å². The Morgan fingerprint density at radius 2 is 1.79 bits per heavy atom. The van der Waals surface area contributed by atoms with Gasteiger partial charge < -0.3 is 0 Å². The molecular formula is C6H4ClN3O4. The van der Waals surface area contributed by atoms with E-state index in [0.29, 0.717) is 0 Å². The van der Waals surface area contributed by atoms with Crippen LogP contribution in [-0.2, 0) is 0 Å². The van der Waals surface area contributed by atoms with Crippen molar-refractivity contribution in [3.8, 4) is 0 Å². The second-order valence-electron chi connectivity index (χ2n) is 2.42. The minimum atomic E-state index is -0.818. The van der Waals surface area contributed by atoms with E-state index >= 15 is 0 Å². The molecule has 0 saturated carbocycles. The van der Waals surface area contributed by atoms with Crippen LogP contribution < -0.4 is 0 Å². The lowest BCUT2D eigenvalue weighted by Gasteiger charge is -1.97. The summed E-state index contributed by atoms with van der Waals surface area (Å²) in [6, 6.07) is 0.796. The van der Waals surface area contributed by atoms with Crippen LogP contribution in [-0.4, -0.2) is 14.8 Å². The van der Waals surface area contributed by atoms with Crippen LogP contribution in [0.2, 0.25) is 5.15 Å². The van der Waals surface area contributed by atoms with Gasteiger partial charge in [0.25, 0.3) is 5.69 Å². The van der Waals surface area contributed by atoms with Crippen molar-refractivity contribution in [2.45, 2.75) is 6.92 Å². The molecular weight excluding hydrogens is 214 g/mol. The van der Waals surface area contributed by atoms with Gasteiger partial charge in [-0.2, -0.15) is 0 Å². The van der Waals surface area contributed by atoms with Crippen LogP contribution in [0, 0.1) is 27.2 Å². The van der Waals surface area contributed by atoms with Crippen LogP contribution >= 0.6 is 11.6 Å². The van der Waals surface area contributed by atoms with E-state index in [1.54, 1.807) is 0 Å². The lowest BCUT2D eigenvalue weighted by atomic mass is 10.3. The number of hydrogen-bond donors (Lipinski definition) is 0. The fourth-order valence-corrected chi connectivity index (χ4v) is 1.12. The fourth-order valence-electron chi connectivity index (χ4n) is 0.868. The zero-order chi connectivity index (χ0) is 10.9. The van der Waals surface area contributed by atoms with Crippen molar-refractivity contribution < 1.29 is 9.85 Å². The van der Waals surface area contributed by atoms with Gasteiger partial charge in [-0.15, -0.1) is 0 Å². The molecule has 7 nitrogen and oxygen atoms in total. The molecule has 0 N–H and O–H groups in total. The molecule has 0 atom stereocenters. The molecule has 8 heteroatoms. The Kier molecular flexibility index (Phi) is 2.61. The number of nitrogens with zero attached hydrogens (tertiary/aromatic N) is 3. The molecule has 0 radical (unpaired) electrons. The van der Waals surface area contributed by atoms with Crippen LogP contribution in [0.5, 0.6) is 0 Å². The van der Waals surface area contributed by atoms with Gasteiger partial charge in [0, 0.05) is 0 Å². The smallest absolute Gasteiger partial charge is 0.258 e. The number of hydrogen-bond acceptors (Lipinski definition) is 5. The van der Waals surface area contributed by atoms with Gasteiger partial charge in [0.15, 0.2) is 0 Å². The van der Waals surface area contributed by atoms with Crippen molar-refractivity contribution in [3.05, 3.63) is 37.1 Å². The monoisotopic (exact) mass is 217 g/mol. The Morgan fingerprint density at radius 1 is 1.29 bits per heavy atom. The molecule has 14 heavy (non-hydrogen) atoms. The highest BCUT2D eigenvalue weighted by atomic mass is 35.5. The minimum absolute atomic E-state index is 0.0469. The Bertz CT molecular complexity index is 385. The molecule has 0 saturated heterocycles. The molecule has 0 amide bonds. The third-order valence-electron chi connectivity index (χ3n) is 1.51. The molecule has 0 bridgehead atoms. The Balaban J connectivity index is 3.42. The van der Waals surface area contributed by atoms with Crippen LogP contribution in [0.15, 0.2) is 6.07 Å². The Labute approximate surface area is 82.6 Å². The number of aromatic nitrogens is 1. The van der Waals surface area contributed by atoms with E-state index in [1.807, 2.05) is 0 Å². The van der Waals surface area contributed by atoms with Gasteiger partial charge in [0.2, 0.25) is 5.15 Å². The highest BCUT2D eigenvalue weighted by Crippen LogP contribution is 2.28. The highest BCUT2D eigenvalue weighted by molar-refractivity contribution is 6.31. The van der Waals surface area contributed by atoms with Gasteiger partial charge in [0.1, 0.15) is 5.69 Å². The first-order chi connectivity index (χ1) is 6.43. The maximum atomic E-state index is 10.4. The average Bonchev–Trinajstić information content (AvgIpc) is 2.02. The first-order valence-corrected chi connectivity index (χ1v) is 3.77. The van der Waals surface area contributed by atoms with E-state index in [2.05, 4.69) is 4.98 Å². The Hall–Kier alpha value is -1.76. The standard InChI is InChI=1S/C6H4ClN3O4/c1-3-4(9(11)12)2-5(10(13)14)6(7)8-3/h2H,1H3. The summed E-state index contributed by atoms with van der Waals surface area (Å²) >= 11 is 5.43. The molecule has 1 rings (SSSR count). The first-order valence-electron chi connectivity index (χ1n) is 3.39. The molecule has 0 aliphatic heterocycles. The molecule has 1 aromatic heterocycles. The summed E-state index contributed by atoms with van der Waals surface area (Å²) in [6.45, 7) is 1.35. The van der Waals surface area contributed by atoms with Crippen LogP contribution in [0.25, 0.3) is 0 Å². The van der Waals surface area contributed by atoms with Gasteiger partial charge in [-0.05, 0) is 6.92 Å². The predicted octanol–water partition coefficient (Wildman–Crippen LogP) is 1.86. The maximum absolute atomic E-state index is 10.4. The minimum Gasteiger partial charge on any atom is -0.258 e. The predicted molar refractivity (Wildman–Crippen MR) is 47.3 cm³/mol. The second-order valence-corrected chi connectivity index (χ2v) is 2.78. The molecule has 74 valence electrons. The quantitative estimate of drug-likeness (QED) is 0.428. The summed E-state index contributed by atoms with van der Waals surface area (Å²) in [6.07, 6.45) is 0. The van der Waals surface area contributed by atoms with E-state index in [-0.39, 0.29) is 10.8 Å². The molecule has 0 spiro atoms. The summed E-state index contributed by atoms with van der Waals surface area (Å²) in [5.41, 5.74) is -0.935. The molecule has 0 aromatic carbocycles. The topological polar surface area (TPSA) is 99.2 Å². The summed E-state index contributed by atoms with van der Waals surface area (Å²) in [4.78, 5) is 22.7. The molecule has 0 aliphatic rings. The molecule has 0 fully saturated rings. The number of nitro groups is 2. The zero-order valence-electron chi connectivity index (χ0n) is 6.93. The zero-order valence-corrected chi connectivity index (χ0v) is 7.69. The largest absolute Gasteiger partial charge is 0.313 e. The normalized spacial score (nSPS) is 9.86. The lowest BCUT2D eigenvalue weighted by Crippen LogP contribution is -1.98. The van der Waals surface area contributed by atoms with Gasteiger partial charge >= 0.3 is 5.69 Å². The summed E-state index contributed by atoms with van der Waals surface area (Å²) in [5.74, 6) is 0. The van der Waals surface area contributed by atoms with Crippen molar-refractivity contribution in [2.75, 3.05) is 0 Å². The van der Waals surface area contributed by atoms with Crippen molar-refractivity contribution in [3.63, 3.8) is 0 Å². The molecule has 1 heterocycles. The number of pyridine rings is 1. The van der Waals surface area contributed by atoms with Gasteiger partial charge in [-0.25, -0.2) is 4.98 Å². The Morgan fingerprint density at radius 3 is 2.21 bits per heavy atom. The molecule has 0 unspecified atom stereocenters. The second kappa shape index (κ2) is 3.54. The summed E-state index contributed by atoms with van der Waals surface area (Å²) < 4.78 is 0. The lowest BCUT2D eigenvalue weighted by molar-refractivity contribution is -0.395. The average molecular weight is 218 g/mol. The third-order valence-corrected chi connectivity index (χ3v) is 1.79. The SMILES string of the molecule is Cc1nc(Cl)c([N+](=O)[O-])cc1[N+](=O)[O-]. The summed E-state index contributed by atoms with van der Waals surface area (Å²) in [7, 11) is 0. The van der Waals surface area contributed by atoms with Crippen LogP contribution in [0.4, 0.5) is 11.4 Å². The van der Waals surface area contributed by atoms with Crippen molar-refractivity contribution in [1.29, 1.82) is 0 Å². The van der Waals surface area contributed by atoms with E-state index in [4.69, 9.17) is 11.6 Å². The third kappa shape index (κ3) is 1.77. The number of rotatable bonds is 2. The van der Waals surface area contributed by atoms with Gasteiger partial charge in [-0.3, -0.25) is 20.2 Å².